The first kappa shape index (κ1) is 16.3. The van der Waals surface area contributed by atoms with Crippen LogP contribution in [-0.4, -0.2) is 19.4 Å². The quantitative estimate of drug-likeness (QED) is 0.631. The molecule has 0 aromatic heterocycles. The van der Waals surface area contributed by atoms with Crippen LogP contribution in [0.2, 0.25) is 0 Å². The average Bonchev–Trinajstić information content (AvgIpc) is 2.44. The topological polar surface area (TPSA) is 29.1 Å². The van der Waals surface area contributed by atoms with E-state index in [1.165, 1.54) is 5.56 Å². The van der Waals surface area contributed by atoms with E-state index < -0.39 is 7.14 Å². The van der Waals surface area contributed by atoms with Gasteiger partial charge in [-0.1, -0.05) is 44.9 Å². The minimum Gasteiger partial charge on any atom is -0.388 e. The Hall–Kier alpha value is -0.750. The van der Waals surface area contributed by atoms with E-state index in [0.717, 1.165) is 49.9 Å². The van der Waals surface area contributed by atoms with Crippen LogP contribution in [0.25, 0.3) is 0 Å². The van der Waals surface area contributed by atoms with E-state index in [4.69, 9.17) is 0 Å². The van der Waals surface area contributed by atoms with Crippen LogP contribution in [0.15, 0.2) is 24.3 Å². The van der Waals surface area contributed by atoms with Gasteiger partial charge in [-0.25, -0.2) is 0 Å². The lowest BCUT2D eigenvalue weighted by atomic mass is 10.2. The zero-order chi connectivity index (χ0) is 14.1. The summed E-state index contributed by atoms with van der Waals surface area (Å²) in [5.74, 6) is 0. The fourth-order valence-electron chi connectivity index (χ4n) is 2.37. The summed E-state index contributed by atoms with van der Waals surface area (Å²) in [4.78, 5) is 0. The summed E-state index contributed by atoms with van der Waals surface area (Å²) in [6, 6.07) is 8.24. The summed E-state index contributed by atoms with van der Waals surface area (Å²) >= 11 is 0. The van der Waals surface area contributed by atoms with Crippen LogP contribution in [0, 0.1) is 0 Å². The fraction of sp³-hybridized carbons (Fsp3) is 0.625. The van der Waals surface area contributed by atoms with Crippen molar-refractivity contribution < 1.29 is 4.57 Å². The van der Waals surface area contributed by atoms with Crippen molar-refractivity contribution in [3.63, 3.8) is 0 Å². The lowest BCUT2D eigenvalue weighted by Gasteiger charge is -2.19. The van der Waals surface area contributed by atoms with Gasteiger partial charge in [-0.15, -0.1) is 0 Å². The zero-order valence-electron chi connectivity index (χ0n) is 12.6. The van der Waals surface area contributed by atoms with Crippen LogP contribution >= 0.6 is 7.14 Å². The second-order valence-corrected chi connectivity index (χ2v) is 8.60. The van der Waals surface area contributed by atoms with Gasteiger partial charge in [0.1, 0.15) is 0 Å². The maximum atomic E-state index is 13.1. The van der Waals surface area contributed by atoms with E-state index in [2.05, 4.69) is 31.3 Å². The van der Waals surface area contributed by atoms with Crippen molar-refractivity contribution in [2.24, 2.45) is 0 Å². The van der Waals surface area contributed by atoms with E-state index in [0.29, 0.717) is 0 Å². The van der Waals surface area contributed by atoms with Crippen molar-refractivity contribution in [2.75, 3.05) is 24.7 Å². The molecule has 1 aromatic carbocycles. The molecule has 0 unspecified atom stereocenters. The van der Waals surface area contributed by atoms with Crippen LogP contribution in [0.3, 0.4) is 0 Å². The Balaban J connectivity index is 2.83. The third-order valence-corrected chi connectivity index (χ3v) is 6.76. The van der Waals surface area contributed by atoms with Gasteiger partial charge >= 0.3 is 0 Å². The molecule has 0 amide bonds. The minimum atomic E-state index is -2.05. The first-order valence-corrected chi connectivity index (χ1v) is 9.74. The SMILES string of the molecule is CCCCP(=O)(CCCC)Cc1ccccc1NC. The Kier molecular flexibility index (Phi) is 7.23. The van der Waals surface area contributed by atoms with Gasteiger partial charge in [0.25, 0.3) is 0 Å². The molecule has 0 radical (unpaired) electrons. The standard InChI is InChI=1S/C16H28NOP/c1-4-6-12-19(18,13-7-5-2)14-15-10-8-9-11-16(15)17-3/h8-11,17H,4-7,12-14H2,1-3H3. The van der Waals surface area contributed by atoms with Gasteiger partial charge in [0.2, 0.25) is 0 Å². The monoisotopic (exact) mass is 281 g/mol. The molecule has 0 aliphatic rings. The van der Waals surface area contributed by atoms with Gasteiger partial charge in [-0.05, 0) is 24.5 Å². The van der Waals surface area contributed by atoms with Crippen LogP contribution in [0.1, 0.15) is 45.1 Å². The van der Waals surface area contributed by atoms with E-state index in [9.17, 15) is 4.57 Å². The highest BCUT2D eigenvalue weighted by Gasteiger charge is 2.22. The van der Waals surface area contributed by atoms with E-state index in [1.54, 1.807) is 0 Å². The maximum Gasteiger partial charge on any atom is 0.0920 e. The van der Waals surface area contributed by atoms with Crippen molar-refractivity contribution in [1.29, 1.82) is 0 Å². The Morgan fingerprint density at radius 3 is 2.16 bits per heavy atom. The highest BCUT2D eigenvalue weighted by atomic mass is 31.2. The lowest BCUT2D eigenvalue weighted by Crippen LogP contribution is -2.02. The molecule has 0 bridgehead atoms. The fourth-order valence-corrected chi connectivity index (χ4v) is 5.60. The molecule has 0 heterocycles. The number of hydrogen-bond donors (Lipinski definition) is 1. The number of para-hydroxylation sites is 1. The van der Waals surface area contributed by atoms with Gasteiger partial charge in [-0.3, -0.25) is 0 Å². The molecule has 3 heteroatoms. The van der Waals surface area contributed by atoms with Gasteiger partial charge in [-0.2, -0.15) is 0 Å². The first-order chi connectivity index (χ1) is 9.15. The second-order valence-electron chi connectivity index (χ2n) is 5.28. The van der Waals surface area contributed by atoms with Gasteiger partial charge < -0.3 is 9.88 Å². The second kappa shape index (κ2) is 8.43. The van der Waals surface area contributed by atoms with Gasteiger partial charge in [0.05, 0.1) is 7.14 Å². The van der Waals surface area contributed by atoms with Crippen LogP contribution in [-0.2, 0) is 10.7 Å². The molecule has 0 aliphatic carbocycles. The molecule has 0 aliphatic heterocycles. The highest BCUT2D eigenvalue weighted by molar-refractivity contribution is 7.63. The van der Waals surface area contributed by atoms with E-state index in [-0.39, 0.29) is 0 Å². The molecule has 19 heavy (non-hydrogen) atoms. The molecule has 108 valence electrons. The van der Waals surface area contributed by atoms with Crippen molar-refractivity contribution in [3.8, 4) is 0 Å². The van der Waals surface area contributed by atoms with Crippen molar-refractivity contribution in [2.45, 2.75) is 45.7 Å². The predicted octanol–water partition coefficient (Wildman–Crippen LogP) is 5.19. The Morgan fingerprint density at radius 2 is 1.63 bits per heavy atom. The normalized spacial score (nSPS) is 11.5. The van der Waals surface area contributed by atoms with Crippen LogP contribution in [0.4, 0.5) is 5.69 Å². The van der Waals surface area contributed by atoms with Gasteiger partial charge in [0, 0.05) is 31.2 Å². The smallest absolute Gasteiger partial charge is 0.0920 e. The average molecular weight is 281 g/mol. The molecule has 0 saturated heterocycles. The Bertz CT molecular complexity index is 405. The molecular formula is C16H28NOP. The highest BCUT2D eigenvalue weighted by Crippen LogP contribution is 2.51. The molecule has 0 atom stereocenters. The number of unbranched alkanes of at least 4 members (excludes halogenated alkanes) is 2. The number of anilines is 1. The van der Waals surface area contributed by atoms with Gasteiger partial charge in [0.15, 0.2) is 0 Å². The van der Waals surface area contributed by atoms with Crippen LogP contribution in [0.5, 0.6) is 0 Å². The molecule has 0 fully saturated rings. The number of benzene rings is 1. The number of hydrogen-bond acceptors (Lipinski definition) is 2. The molecule has 0 spiro atoms. The number of nitrogens with one attached hydrogen (secondary N) is 1. The van der Waals surface area contributed by atoms with Crippen LogP contribution < -0.4 is 5.32 Å². The molecule has 2 nitrogen and oxygen atoms in total. The minimum absolute atomic E-state index is 0.754. The zero-order valence-corrected chi connectivity index (χ0v) is 13.5. The molecule has 1 N–H and O–H groups in total. The Morgan fingerprint density at radius 1 is 1.05 bits per heavy atom. The summed E-state index contributed by atoms with van der Waals surface area (Å²) in [7, 11) is -0.122. The summed E-state index contributed by atoms with van der Waals surface area (Å²) in [6.07, 6.45) is 6.99. The third-order valence-electron chi connectivity index (χ3n) is 3.58. The molecule has 0 saturated carbocycles. The largest absolute Gasteiger partial charge is 0.388 e. The number of rotatable bonds is 9. The summed E-state index contributed by atoms with van der Waals surface area (Å²) in [5.41, 5.74) is 2.33. The third kappa shape index (κ3) is 5.40. The Labute approximate surface area is 118 Å². The first-order valence-electron chi connectivity index (χ1n) is 7.48. The van der Waals surface area contributed by atoms with E-state index in [1.807, 2.05) is 19.2 Å². The molecule has 1 rings (SSSR count). The van der Waals surface area contributed by atoms with Crippen molar-refractivity contribution in [3.05, 3.63) is 29.8 Å². The van der Waals surface area contributed by atoms with E-state index >= 15 is 0 Å². The predicted molar refractivity (Wildman–Crippen MR) is 86.8 cm³/mol. The van der Waals surface area contributed by atoms with Crippen molar-refractivity contribution >= 4 is 12.8 Å². The summed E-state index contributed by atoms with van der Waals surface area (Å²) in [5, 5.41) is 3.21. The van der Waals surface area contributed by atoms with Crippen molar-refractivity contribution in [1.82, 2.24) is 0 Å². The lowest BCUT2D eigenvalue weighted by molar-refractivity contribution is 0.569. The molecular weight excluding hydrogens is 253 g/mol. The molecule has 1 aromatic rings. The summed E-state index contributed by atoms with van der Waals surface area (Å²) in [6.45, 7) is 4.34. The summed E-state index contributed by atoms with van der Waals surface area (Å²) < 4.78 is 13.1. The maximum absolute atomic E-state index is 13.1.